The molecule has 1 aliphatic rings. The Balaban J connectivity index is 0.00000242. The van der Waals surface area contributed by atoms with Crippen molar-refractivity contribution in [3.05, 3.63) is 24.2 Å². The molecule has 1 aliphatic carbocycles. The molecule has 3 N–H and O–H groups in total. The van der Waals surface area contributed by atoms with Crippen LogP contribution in [0.2, 0.25) is 0 Å². The van der Waals surface area contributed by atoms with E-state index in [1.54, 1.807) is 12.3 Å². The highest BCUT2D eigenvalue weighted by molar-refractivity contribution is 14.0. The lowest BCUT2D eigenvalue weighted by atomic mass is 10.2. The first-order chi connectivity index (χ1) is 10.3. The zero-order valence-corrected chi connectivity index (χ0v) is 15.3. The predicted molar refractivity (Wildman–Crippen MR) is 97.3 cm³/mol. The van der Waals surface area contributed by atoms with Gasteiger partial charge in [-0.25, -0.2) is 4.99 Å². The fourth-order valence-corrected chi connectivity index (χ4v) is 2.39. The standard InChI is InChI=1S/C15H24N4O2.HI/c1-2-16-15(19-12-6-3-4-7-12)18-11-14(20)17-10-13-8-5-9-21-13;/h5,8-9,12H,2-4,6-7,10-11H2,1H3,(H,17,20)(H2,16,18,19);1H. The number of nitrogens with zero attached hydrogens (tertiary/aromatic N) is 1. The molecule has 1 amide bonds. The third-order valence-corrected chi connectivity index (χ3v) is 3.46. The Bertz CT molecular complexity index is 456. The smallest absolute Gasteiger partial charge is 0.242 e. The summed E-state index contributed by atoms with van der Waals surface area (Å²) in [5.74, 6) is 1.34. The summed E-state index contributed by atoms with van der Waals surface area (Å²) in [7, 11) is 0. The van der Waals surface area contributed by atoms with Crippen LogP contribution in [0.25, 0.3) is 0 Å². The van der Waals surface area contributed by atoms with E-state index in [2.05, 4.69) is 20.9 Å². The second kappa shape index (κ2) is 10.5. The van der Waals surface area contributed by atoms with Crippen LogP contribution < -0.4 is 16.0 Å². The second-order valence-electron chi connectivity index (χ2n) is 5.18. The minimum atomic E-state index is -0.116. The molecule has 0 atom stereocenters. The molecule has 6 nitrogen and oxygen atoms in total. The van der Waals surface area contributed by atoms with Crippen molar-refractivity contribution in [2.45, 2.75) is 45.2 Å². The lowest BCUT2D eigenvalue weighted by Gasteiger charge is -2.16. The highest BCUT2D eigenvalue weighted by atomic mass is 127. The van der Waals surface area contributed by atoms with Gasteiger partial charge in [0.25, 0.3) is 0 Å². The average Bonchev–Trinajstić information content (AvgIpc) is 3.16. The molecule has 0 aliphatic heterocycles. The fourth-order valence-electron chi connectivity index (χ4n) is 2.39. The van der Waals surface area contributed by atoms with E-state index < -0.39 is 0 Å². The van der Waals surface area contributed by atoms with E-state index in [1.165, 1.54) is 25.7 Å². The van der Waals surface area contributed by atoms with E-state index in [0.717, 1.165) is 18.3 Å². The molecule has 2 rings (SSSR count). The molecule has 0 unspecified atom stereocenters. The van der Waals surface area contributed by atoms with Crippen molar-refractivity contribution >= 4 is 35.8 Å². The first kappa shape index (κ1) is 18.8. The summed E-state index contributed by atoms with van der Waals surface area (Å²) < 4.78 is 5.16. The Labute approximate surface area is 148 Å². The molecular formula is C15H25IN4O2. The van der Waals surface area contributed by atoms with Gasteiger partial charge in [0.15, 0.2) is 5.96 Å². The predicted octanol–water partition coefficient (Wildman–Crippen LogP) is 2.01. The number of amides is 1. The minimum absolute atomic E-state index is 0. The topological polar surface area (TPSA) is 78.7 Å². The number of furan rings is 1. The number of halogens is 1. The first-order valence-electron chi connectivity index (χ1n) is 7.62. The highest BCUT2D eigenvalue weighted by Crippen LogP contribution is 2.17. The Kier molecular flexibility index (Phi) is 8.95. The van der Waals surface area contributed by atoms with Crippen molar-refractivity contribution < 1.29 is 9.21 Å². The summed E-state index contributed by atoms with van der Waals surface area (Å²) >= 11 is 0. The molecule has 7 heteroatoms. The van der Waals surface area contributed by atoms with Gasteiger partial charge in [-0.1, -0.05) is 12.8 Å². The van der Waals surface area contributed by atoms with Crippen LogP contribution in [0.1, 0.15) is 38.4 Å². The largest absolute Gasteiger partial charge is 0.467 e. The number of carbonyl (C=O) groups excluding carboxylic acids is 1. The van der Waals surface area contributed by atoms with Crippen LogP contribution in [-0.4, -0.2) is 31.0 Å². The number of guanidine groups is 1. The van der Waals surface area contributed by atoms with Gasteiger partial charge in [0, 0.05) is 12.6 Å². The quantitative estimate of drug-likeness (QED) is 0.374. The Hall–Kier alpha value is -1.25. The van der Waals surface area contributed by atoms with E-state index >= 15 is 0 Å². The van der Waals surface area contributed by atoms with Gasteiger partial charge in [0.2, 0.25) is 5.91 Å². The molecule has 1 fully saturated rings. The zero-order chi connectivity index (χ0) is 14.9. The number of rotatable bonds is 6. The summed E-state index contributed by atoms with van der Waals surface area (Å²) in [5.41, 5.74) is 0. The molecule has 0 bridgehead atoms. The van der Waals surface area contributed by atoms with Crippen molar-refractivity contribution in [3.8, 4) is 0 Å². The molecule has 0 saturated heterocycles. The summed E-state index contributed by atoms with van der Waals surface area (Å²) in [6.07, 6.45) is 6.47. The lowest BCUT2D eigenvalue weighted by Crippen LogP contribution is -2.43. The van der Waals surface area contributed by atoms with E-state index in [1.807, 2.05) is 13.0 Å². The molecule has 1 aromatic heterocycles. The van der Waals surface area contributed by atoms with Crippen LogP contribution in [0, 0.1) is 0 Å². The highest BCUT2D eigenvalue weighted by Gasteiger charge is 2.15. The average molecular weight is 420 g/mol. The van der Waals surface area contributed by atoms with E-state index in [4.69, 9.17) is 4.42 Å². The molecule has 124 valence electrons. The molecule has 0 aromatic carbocycles. The Morgan fingerprint density at radius 2 is 2.14 bits per heavy atom. The van der Waals surface area contributed by atoms with Gasteiger partial charge in [-0.3, -0.25) is 4.79 Å². The van der Waals surface area contributed by atoms with E-state index in [0.29, 0.717) is 12.6 Å². The van der Waals surface area contributed by atoms with Gasteiger partial charge < -0.3 is 20.4 Å². The zero-order valence-electron chi connectivity index (χ0n) is 12.9. The van der Waals surface area contributed by atoms with Gasteiger partial charge in [0.1, 0.15) is 12.3 Å². The fraction of sp³-hybridized carbons (Fsp3) is 0.600. The molecular weight excluding hydrogens is 395 g/mol. The third-order valence-electron chi connectivity index (χ3n) is 3.46. The lowest BCUT2D eigenvalue weighted by molar-refractivity contribution is -0.119. The maximum atomic E-state index is 11.8. The molecule has 1 aromatic rings. The number of aliphatic imine (C=N–C) groups is 1. The van der Waals surface area contributed by atoms with Gasteiger partial charge >= 0.3 is 0 Å². The van der Waals surface area contributed by atoms with Crippen molar-refractivity contribution in [2.75, 3.05) is 13.1 Å². The number of hydrogen-bond donors (Lipinski definition) is 3. The van der Waals surface area contributed by atoms with Crippen LogP contribution in [0.15, 0.2) is 27.8 Å². The Morgan fingerprint density at radius 1 is 1.36 bits per heavy atom. The van der Waals surface area contributed by atoms with Crippen molar-refractivity contribution in [2.24, 2.45) is 4.99 Å². The first-order valence-corrected chi connectivity index (χ1v) is 7.62. The normalized spacial score (nSPS) is 15.2. The van der Waals surface area contributed by atoms with Crippen LogP contribution in [0.3, 0.4) is 0 Å². The second-order valence-corrected chi connectivity index (χ2v) is 5.18. The minimum Gasteiger partial charge on any atom is -0.467 e. The van der Waals surface area contributed by atoms with Gasteiger partial charge in [-0.05, 0) is 31.9 Å². The molecule has 1 heterocycles. The van der Waals surface area contributed by atoms with E-state index in [9.17, 15) is 4.79 Å². The van der Waals surface area contributed by atoms with Crippen LogP contribution in [0.4, 0.5) is 0 Å². The summed E-state index contributed by atoms with van der Waals surface area (Å²) in [5, 5.41) is 9.34. The molecule has 0 spiro atoms. The maximum Gasteiger partial charge on any atom is 0.242 e. The molecule has 1 saturated carbocycles. The van der Waals surface area contributed by atoms with Crippen molar-refractivity contribution in [1.82, 2.24) is 16.0 Å². The van der Waals surface area contributed by atoms with Crippen LogP contribution in [-0.2, 0) is 11.3 Å². The summed E-state index contributed by atoms with van der Waals surface area (Å²) in [6, 6.07) is 4.11. The Morgan fingerprint density at radius 3 is 2.77 bits per heavy atom. The van der Waals surface area contributed by atoms with Gasteiger partial charge in [-0.2, -0.15) is 0 Å². The summed E-state index contributed by atoms with van der Waals surface area (Å²) in [6.45, 7) is 3.31. The number of carbonyl (C=O) groups is 1. The number of nitrogens with one attached hydrogen (secondary N) is 3. The van der Waals surface area contributed by atoms with Crippen molar-refractivity contribution in [1.29, 1.82) is 0 Å². The molecule has 22 heavy (non-hydrogen) atoms. The van der Waals surface area contributed by atoms with Crippen LogP contribution in [0.5, 0.6) is 0 Å². The molecule has 0 radical (unpaired) electrons. The van der Waals surface area contributed by atoms with Crippen LogP contribution >= 0.6 is 24.0 Å². The van der Waals surface area contributed by atoms with E-state index in [-0.39, 0.29) is 36.4 Å². The van der Waals surface area contributed by atoms with Gasteiger partial charge in [-0.15, -0.1) is 24.0 Å². The monoisotopic (exact) mass is 420 g/mol. The summed E-state index contributed by atoms with van der Waals surface area (Å²) in [4.78, 5) is 16.1. The van der Waals surface area contributed by atoms with Crippen molar-refractivity contribution in [3.63, 3.8) is 0 Å². The maximum absolute atomic E-state index is 11.8. The van der Waals surface area contributed by atoms with Gasteiger partial charge in [0.05, 0.1) is 12.8 Å². The SMILES string of the molecule is CCNC(=NCC(=O)NCc1ccco1)NC1CCCC1.I. The number of hydrogen-bond acceptors (Lipinski definition) is 3. The third kappa shape index (κ3) is 6.67.